The van der Waals surface area contributed by atoms with E-state index < -0.39 is 0 Å². The second-order valence-electron chi connectivity index (χ2n) is 3.49. The highest BCUT2D eigenvalue weighted by Gasteiger charge is 2.16. The van der Waals surface area contributed by atoms with Gasteiger partial charge in [-0.1, -0.05) is 0 Å². The highest BCUT2D eigenvalue weighted by atomic mass is 79.9. The van der Waals surface area contributed by atoms with E-state index in [4.69, 9.17) is 4.74 Å². The van der Waals surface area contributed by atoms with E-state index in [1.54, 1.807) is 4.68 Å². The number of aromatic hydroxyl groups is 1. The van der Waals surface area contributed by atoms with Crippen LogP contribution < -0.4 is 0 Å². The zero-order valence-corrected chi connectivity index (χ0v) is 9.40. The summed E-state index contributed by atoms with van der Waals surface area (Å²) in [5, 5.41) is 13.3. The number of rotatable bonds is 2. The normalized spacial score (nSPS) is 22.5. The van der Waals surface area contributed by atoms with E-state index in [9.17, 15) is 5.11 Å². The van der Waals surface area contributed by atoms with Crippen molar-refractivity contribution >= 4 is 15.9 Å². The van der Waals surface area contributed by atoms with E-state index in [1.165, 1.54) is 12.6 Å². The van der Waals surface area contributed by atoms with Crippen LogP contribution in [0.4, 0.5) is 0 Å². The van der Waals surface area contributed by atoms with Crippen LogP contribution in [0.15, 0.2) is 10.8 Å². The molecule has 1 N–H and O–H groups in total. The van der Waals surface area contributed by atoms with Crippen molar-refractivity contribution in [1.82, 2.24) is 9.78 Å². The van der Waals surface area contributed by atoms with Gasteiger partial charge in [-0.2, -0.15) is 5.10 Å². The second-order valence-corrected chi connectivity index (χ2v) is 4.24. The minimum Gasteiger partial charge on any atom is -0.504 e. The molecule has 0 saturated carbocycles. The summed E-state index contributed by atoms with van der Waals surface area (Å²) in [6.07, 6.45) is 5.12. The zero-order chi connectivity index (χ0) is 9.97. The van der Waals surface area contributed by atoms with E-state index >= 15 is 0 Å². The molecule has 0 spiro atoms. The zero-order valence-electron chi connectivity index (χ0n) is 7.82. The highest BCUT2D eigenvalue weighted by Crippen LogP contribution is 2.24. The molecule has 1 atom stereocenters. The monoisotopic (exact) mass is 260 g/mol. The second kappa shape index (κ2) is 4.31. The highest BCUT2D eigenvalue weighted by molar-refractivity contribution is 9.10. The lowest BCUT2D eigenvalue weighted by Gasteiger charge is -2.22. The summed E-state index contributed by atoms with van der Waals surface area (Å²) in [5.41, 5.74) is 0. The van der Waals surface area contributed by atoms with E-state index in [2.05, 4.69) is 21.0 Å². The van der Waals surface area contributed by atoms with Crippen LogP contribution in [0.25, 0.3) is 0 Å². The number of hydrogen-bond acceptors (Lipinski definition) is 3. The molecule has 1 aromatic rings. The summed E-state index contributed by atoms with van der Waals surface area (Å²) in [5.74, 6) is 0.181. The van der Waals surface area contributed by atoms with Gasteiger partial charge in [-0.3, -0.25) is 4.68 Å². The molecule has 4 nitrogen and oxygen atoms in total. The van der Waals surface area contributed by atoms with Crippen LogP contribution in [0.3, 0.4) is 0 Å². The van der Waals surface area contributed by atoms with Gasteiger partial charge < -0.3 is 9.84 Å². The molecular weight excluding hydrogens is 248 g/mol. The Labute approximate surface area is 91.0 Å². The van der Waals surface area contributed by atoms with Gasteiger partial charge in [0.1, 0.15) is 4.60 Å². The van der Waals surface area contributed by atoms with Gasteiger partial charge in [0.2, 0.25) is 0 Å². The molecule has 1 aromatic heterocycles. The Morgan fingerprint density at radius 1 is 1.64 bits per heavy atom. The van der Waals surface area contributed by atoms with Crippen LogP contribution in [0.2, 0.25) is 0 Å². The summed E-state index contributed by atoms with van der Waals surface area (Å²) in [6.45, 7) is 1.55. The van der Waals surface area contributed by atoms with Crippen LogP contribution in [-0.2, 0) is 11.3 Å². The molecule has 0 radical (unpaired) electrons. The first-order chi connectivity index (χ1) is 6.77. The average molecular weight is 261 g/mol. The van der Waals surface area contributed by atoms with Crippen molar-refractivity contribution in [3.05, 3.63) is 10.8 Å². The first-order valence-electron chi connectivity index (χ1n) is 4.79. The third-order valence-corrected chi connectivity index (χ3v) is 3.22. The fourth-order valence-corrected chi connectivity index (χ4v) is 1.97. The molecule has 1 aliphatic rings. The molecule has 2 heterocycles. The Morgan fingerprint density at radius 3 is 3.07 bits per heavy atom. The molecule has 1 fully saturated rings. The minimum absolute atomic E-state index is 0.181. The fraction of sp³-hybridized carbons (Fsp3) is 0.667. The molecule has 1 unspecified atom stereocenters. The summed E-state index contributed by atoms with van der Waals surface area (Å²) >= 11 is 3.27. The third-order valence-electron chi connectivity index (χ3n) is 2.41. The SMILES string of the molecule is Oc1cnn(CC2CCCCO2)c1Br. The summed E-state index contributed by atoms with van der Waals surface area (Å²) in [6, 6.07) is 0. The number of aromatic nitrogens is 2. The van der Waals surface area contributed by atoms with E-state index in [1.807, 2.05) is 0 Å². The Kier molecular flexibility index (Phi) is 3.08. The molecule has 0 bridgehead atoms. The minimum atomic E-state index is 0.181. The van der Waals surface area contributed by atoms with Gasteiger partial charge in [0.05, 0.1) is 18.8 Å². The van der Waals surface area contributed by atoms with Gasteiger partial charge in [-0.25, -0.2) is 0 Å². The molecule has 1 saturated heterocycles. The average Bonchev–Trinajstić information content (AvgIpc) is 2.52. The third kappa shape index (κ3) is 2.09. The Bertz CT molecular complexity index is 308. The van der Waals surface area contributed by atoms with E-state index in [0.29, 0.717) is 11.1 Å². The van der Waals surface area contributed by atoms with E-state index in [-0.39, 0.29) is 11.9 Å². The van der Waals surface area contributed by atoms with Crippen LogP contribution in [0.1, 0.15) is 19.3 Å². The van der Waals surface area contributed by atoms with Crippen LogP contribution >= 0.6 is 15.9 Å². The van der Waals surface area contributed by atoms with E-state index in [0.717, 1.165) is 19.4 Å². The van der Waals surface area contributed by atoms with Crippen molar-refractivity contribution < 1.29 is 9.84 Å². The van der Waals surface area contributed by atoms with Crippen LogP contribution in [0, 0.1) is 0 Å². The number of hydrogen-bond donors (Lipinski definition) is 1. The van der Waals surface area contributed by atoms with Crippen LogP contribution in [-0.4, -0.2) is 27.6 Å². The lowest BCUT2D eigenvalue weighted by molar-refractivity contribution is 0.00358. The predicted molar refractivity (Wildman–Crippen MR) is 55.2 cm³/mol. The predicted octanol–water partition coefficient (Wildman–Crippen LogP) is 1.92. The summed E-state index contributed by atoms with van der Waals surface area (Å²) < 4.78 is 7.94. The molecule has 1 aliphatic heterocycles. The van der Waals surface area contributed by atoms with Crippen molar-refractivity contribution in [1.29, 1.82) is 0 Å². The van der Waals surface area contributed by atoms with Gasteiger partial charge >= 0.3 is 0 Å². The van der Waals surface area contributed by atoms with Gasteiger partial charge in [-0.15, -0.1) is 0 Å². The molecule has 78 valence electrons. The smallest absolute Gasteiger partial charge is 0.168 e. The largest absolute Gasteiger partial charge is 0.504 e. The molecule has 0 aromatic carbocycles. The lowest BCUT2D eigenvalue weighted by Crippen LogP contribution is -2.25. The standard InChI is InChI=1S/C9H13BrN2O2/c10-9-8(13)5-11-12(9)6-7-3-1-2-4-14-7/h5,7,13H,1-4,6H2. The number of nitrogens with zero attached hydrogens (tertiary/aromatic N) is 2. The number of halogens is 1. The Morgan fingerprint density at radius 2 is 2.50 bits per heavy atom. The van der Waals surface area contributed by atoms with Crippen molar-refractivity contribution in [2.75, 3.05) is 6.61 Å². The van der Waals surface area contributed by atoms with Crippen LogP contribution in [0.5, 0.6) is 5.75 Å². The molecular formula is C9H13BrN2O2. The van der Waals surface area contributed by atoms with Crippen molar-refractivity contribution in [2.45, 2.75) is 31.9 Å². The Balaban J connectivity index is 1.99. The first kappa shape index (κ1) is 9.98. The van der Waals surface area contributed by atoms with Gasteiger partial charge in [0.25, 0.3) is 0 Å². The molecule has 5 heteroatoms. The summed E-state index contributed by atoms with van der Waals surface area (Å²) in [7, 11) is 0. The molecule has 0 aliphatic carbocycles. The maximum absolute atomic E-state index is 9.30. The first-order valence-corrected chi connectivity index (χ1v) is 5.58. The Hall–Kier alpha value is -0.550. The molecule has 0 amide bonds. The van der Waals surface area contributed by atoms with Gasteiger partial charge in [0.15, 0.2) is 5.75 Å². The number of ether oxygens (including phenoxy) is 1. The molecule has 2 rings (SSSR count). The molecule has 14 heavy (non-hydrogen) atoms. The lowest BCUT2D eigenvalue weighted by atomic mass is 10.1. The summed E-state index contributed by atoms with van der Waals surface area (Å²) in [4.78, 5) is 0. The van der Waals surface area contributed by atoms with Crippen molar-refractivity contribution in [2.24, 2.45) is 0 Å². The van der Waals surface area contributed by atoms with Crippen molar-refractivity contribution in [3.63, 3.8) is 0 Å². The maximum atomic E-state index is 9.30. The topological polar surface area (TPSA) is 47.3 Å². The quantitative estimate of drug-likeness (QED) is 0.884. The van der Waals surface area contributed by atoms with Gasteiger partial charge in [0, 0.05) is 6.61 Å². The van der Waals surface area contributed by atoms with Gasteiger partial charge in [-0.05, 0) is 35.2 Å². The fourth-order valence-electron chi connectivity index (χ4n) is 1.63. The van der Waals surface area contributed by atoms with Crippen molar-refractivity contribution in [3.8, 4) is 5.75 Å². The maximum Gasteiger partial charge on any atom is 0.168 e.